The summed E-state index contributed by atoms with van der Waals surface area (Å²) in [6, 6.07) is 10.6. The maximum absolute atomic E-state index is 6.18. The van der Waals surface area contributed by atoms with Crippen LogP contribution in [0, 0.1) is 0 Å². The molecule has 0 heterocycles. The Morgan fingerprint density at radius 1 is 1.20 bits per heavy atom. The van der Waals surface area contributed by atoms with Crippen molar-refractivity contribution in [2.24, 2.45) is 0 Å². The smallest absolute Gasteiger partial charge is 0.192 e. The SMILES string of the molecule is CC(C)(C)[Si](C)(C)OC/C(Br)=C\CCc1ccccc1. The second-order valence-electron chi connectivity index (χ2n) is 6.72. The lowest BCUT2D eigenvalue weighted by atomic mass is 10.1. The summed E-state index contributed by atoms with van der Waals surface area (Å²) < 4.78 is 7.35. The molecule has 0 aliphatic carbocycles. The Balaban J connectivity index is 2.39. The molecule has 0 radical (unpaired) electrons. The standard InChI is InChI=1S/C17H27BrOSi/c1-17(2,3)20(4,5)19-14-16(18)13-9-12-15-10-7-6-8-11-15/h6-8,10-11,13H,9,12,14H2,1-5H3/b16-13+. The summed E-state index contributed by atoms with van der Waals surface area (Å²) in [5.74, 6) is 0. The van der Waals surface area contributed by atoms with Crippen LogP contribution in [-0.2, 0) is 10.8 Å². The van der Waals surface area contributed by atoms with E-state index >= 15 is 0 Å². The first-order chi connectivity index (χ1) is 9.22. The van der Waals surface area contributed by atoms with Crippen molar-refractivity contribution < 1.29 is 4.43 Å². The second-order valence-corrected chi connectivity index (χ2v) is 12.6. The Morgan fingerprint density at radius 3 is 2.35 bits per heavy atom. The molecule has 1 aromatic carbocycles. The van der Waals surface area contributed by atoms with Crippen LogP contribution >= 0.6 is 15.9 Å². The Bertz CT molecular complexity index is 432. The molecule has 0 saturated carbocycles. The number of halogens is 1. The Labute approximate surface area is 133 Å². The topological polar surface area (TPSA) is 9.23 Å². The van der Waals surface area contributed by atoms with Gasteiger partial charge in [-0.1, -0.05) is 73.1 Å². The first-order valence-electron chi connectivity index (χ1n) is 7.25. The lowest BCUT2D eigenvalue weighted by Gasteiger charge is -2.36. The van der Waals surface area contributed by atoms with Gasteiger partial charge < -0.3 is 4.43 Å². The molecule has 0 unspecified atom stereocenters. The number of allylic oxidation sites excluding steroid dienone is 1. The van der Waals surface area contributed by atoms with Crippen LogP contribution < -0.4 is 0 Å². The summed E-state index contributed by atoms with van der Waals surface area (Å²) in [7, 11) is -1.64. The third-order valence-corrected chi connectivity index (χ3v) is 9.05. The molecule has 0 saturated heterocycles. The van der Waals surface area contributed by atoms with E-state index in [0.29, 0.717) is 6.61 Å². The van der Waals surface area contributed by atoms with Gasteiger partial charge in [0.1, 0.15) is 0 Å². The van der Waals surface area contributed by atoms with Crippen molar-refractivity contribution in [2.45, 2.75) is 51.7 Å². The van der Waals surface area contributed by atoms with E-state index in [1.165, 1.54) is 10.0 Å². The number of hydrogen-bond acceptors (Lipinski definition) is 1. The van der Waals surface area contributed by atoms with Gasteiger partial charge in [0.05, 0.1) is 6.61 Å². The molecule has 1 rings (SSSR count). The van der Waals surface area contributed by atoms with E-state index in [4.69, 9.17) is 4.43 Å². The van der Waals surface area contributed by atoms with Crippen molar-refractivity contribution in [3.05, 3.63) is 46.5 Å². The summed E-state index contributed by atoms with van der Waals surface area (Å²) in [5, 5.41) is 0.268. The fourth-order valence-electron chi connectivity index (χ4n) is 1.56. The molecule has 0 amide bonds. The Kier molecular flexibility index (Phi) is 6.69. The summed E-state index contributed by atoms with van der Waals surface area (Å²) in [6.07, 6.45) is 4.36. The van der Waals surface area contributed by atoms with Crippen molar-refractivity contribution in [1.29, 1.82) is 0 Å². The van der Waals surface area contributed by atoms with Crippen LogP contribution in [-0.4, -0.2) is 14.9 Å². The van der Waals surface area contributed by atoms with Gasteiger partial charge in [0, 0.05) is 4.48 Å². The van der Waals surface area contributed by atoms with Crippen molar-refractivity contribution in [1.82, 2.24) is 0 Å². The van der Waals surface area contributed by atoms with Crippen LogP contribution in [0.4, 0.5) is 0 Å². The largest absolute Gasteiger partial charge is 0.412 e. The average Bonchev–Trinajstić information content (AvgIpc) is 2.36. The van der Waals surface area contributed by atoms with E-state index in [1.807, 2.05) is 0 Å². The summed E-state index contributed by atoms with van der Waals surface area (Å²) in [5.41, 5.74) is 1.38. The van der Waals surface area contributed by atoms with Gasteiger partial charge in [0.15, 0.2) is 8.32 Å². The normalized spacial score (nSPS) is 13.6. The second kappa shape index (κ2) is 7.58. The highest BCUT2D eigenvalue weighted by Gasteiger charge is 2.36. The van der Waals surface area contributed by atoms with Gasteiger partial charge in [0.25, 0.3) is 0 Å². The highest BCUT2D eigenvalue weighted by molar-refractivity contribution is 9.11. The van der Waals surface area contributed by atoms with Gasteiger partial charge in [0.2, 0.25) is 0 Å². The zero-order chi connectivity index (χ0) is 15.2. The van der Waals surface area contributed by atoms with Crippen LogP contribution in [0.2, 0.25) is 18.1 Å². The lowest BCUT2D eigenvalue weighted by molar-refractivity contribution is 0.325. The first kappa shape index (κ1) is 17.7. The summed E-state index contributed by atoms with van der Waals surface area (Å²) in [4.78, 5) is 0. The van der Waals surface area contributed by atoms with Crippen LogP contribution in [0.15, 0.2) is 40.9 Å². The molecule has 1 nitrogen and oxygen atoms in total. The van der Waals surface area contributed by atoms with Crippen LogP contribution in [0.25, 0.3) is 0 Å². The zero-order valence-corrected chi connectivity index (χ0v) is 16.0. The summed E-state index contributed by atoms with van der Waals surface area (Å²) >= 11 is 3.63. The third kappa shape index (κ3) is 5.94. The number of aryl methyl sites for hydroxylation is 1. The molecule has 0 atom stereocenters. The molecule has 0 bridgehead atoms. The maximum atomic E-state index is 6.18. The van der Waals surface area contributed by atoms with Gasteiger partial charge in [-0.15, -0.1) is 0 Å². The fraction of sp³-hybridized carbons (Fsp3) is 0.529. The molecule has 1 aromatic rings. The highest BCUT2D eigenvalue weighted by atomic mass is 79.9. The summed E-state index contributed by atoms with van der Waals surface area (Å²) in [6.45, 7) is 12.1. The van der Waals surface area contributed by atoms with Gasteiger partial charge >= 0.3 is 0 Å². The van der Waals surface area contributed by atoms with E-state index < -0.39 is 8.32 Å². The van der Waals surface area contributed by atoms with Crippen LogP contribution in [0.5, 0.6) is 0 Å². The van der Waals surface area contributed by atoms with E-state index in [2.05, 4.69) is 86.2 Å². The van der Waals surface area contributed by atoms with Crippen molar-refractivity contribution in [2.75, 3.05) is 6.61 Å². The molecule has 20 heavy (non-hydrogen) atoms. The number of rotatable bonds is 6. The Morgan fingerprint density at radius 2 is 1.80 bits per heavy atom. The number of benzene rings is 1. The minimum absolute atomic E-state index is 0.268. The van der Waals surface area contributed by atoms with Gasteiger partial charge in [-0.3, -0.25) is 0 Å². The van der Waals surface area contributed by atoms with Crippen molar-refractivity contribution in [3.8, 4) is 0 Å². The van der Waals surface area contributed by atoms with Crippen LogP contribution in [0.1, 0.15) is 32.8 Å². The predicted molar refractivity (Wildman–Crippen MR) is 94.9 cm³/mol. The number of hydrogen-bond donors (Lipinski definition) is 0. The molecule has 0 N–H and O–H groups in total. The molecular weight excluding hydrogens is 328 g/mol. The molecule has 112 valence electrons. The zero-order valence-electron chi connectivity index (χ0n) is 13.4. The van der Waals surface area contributed by atoms with Crippen molar-refractivity contribution in [3.63, 3.8) is 0 Å². The van der Waals surface area contributed by atoms with E-state index in [0.717, 1.165) is 12.8 Å². The van der Waals surface area contributed by atoms with Gasteiger partial charge in [-0.2, -0.15) is 0 Å². The third-order valence-electron chi connectivity index (χ3n) is 4.02. The average molecular weight is 355 g/mol. The molecule has 0 spiro atoms. The predicted octanol–water partition coefficient (Wildman–Crippen LogP) is 5.92. The van der Waals surface area contributed by atoms with Crippen LogP contribution in [0.3, 0.4) is 0 Å². The van der Waals surface area contributed by atoms with Gasteiger partial charge in [-0.05, 0) is 36.5 Å². The Hall–Kier alpha value is -0.383. The molecule has 0 aliphatic rings. The molecule has 0 fully saturated rings. The lowest BCUT2D eigenvalue weighted by Crippen LogP contribution is -2.41. The van der Waals surface area contributed by atoms with E-state index in [-0.39, 0.29) is 5.04 Å². The minimum atomic E-state index is -1.64. The van der Waals surface area contributed by atoms with E-state index in [9.17, 15) is 0 Å². The molecule has 0 aliphatic heterocycles. The maximum Gasteiger partial charge on any atom is 0.192 e. The van der Waals surface area contributed by atoms with Gasteiger partial charge in [-0.25, -0.2) is 0 Å². The fourth-order valence-corrected chi connectivity index (χ4v) is 3.07. The quantitative estimate of drug-likeness (QED) is 0.576. The molecule has 3 heteroatoms. The molecule has 0 aromatic heterocycles. The van der Waals surface area contributed by atoms with E-state index in [1.54, 1.807) is 0 Å². The monoisotopic (exact) mass is 354 g/mol. The first-order valence-corrected chi connectivity index (χ1v) is 10.9. The highest BCUT2D eigenvalue weighted by Crippen LogP contribution is 2.36. The van der Waals surface area contributed by atoms with Crippen molar-refractivity contribution >= 4 is 24.2 Å². The minimum Gasteiger partial charge on any atom is -0.412 e. The molecular formula is C17H27BrOSi.